The number of carboxylic acid groups (broad SMARTS) is 1. The van der Waals surface area contributed by atoms with Crippen molar-refractivity contribution in [3.8, 4) is 0 Å². The standard InChI is InChI=1S/C23H37NO3/c1-2-3-4-5-6-7-8-9-10-11-15-18-22(25)24-21(23(26)27)19-20-16-13-12-14-17-20/h12-14,16-17,21H,2-11,15,18-19H2,1H3,(H,24,25)(H,26,27)/t21-/m0/s1/i18D/t18?,21-. The summed E-state index contributed by atoms with van der Waals surface area (Å²) in [6.45, 7) is 2.23. The maximum atomic E-state index is 12.2. The molecule has 0 radical (unpaired) electrons. The zero-order chi connectivity index (χ0) is 20.6. The Morgan fingerprint density at radius 3 is 1.96 bits per heavy atom. The second-order valence-electron chi connectivity index (χ2n) is 7.26. The summed E-state index contributed by atoms with van der Waals surface area (Å²) >= 11 is 0. The summed E-state index contributed by atoms with van der Waals surface area (Å²) < 4.78 is 8.00. The molecule has 0 heterocycles. The highest BCUT2D eigenvalue weighted by Crippen LogP contribution is 2.12. The minimum atomic E-state index is -1.07. The average molecular weight is 377 g/mol. The van der Waals surface area contributed by atoms with Gasteiger partial charge in [-0.25, -0.2) is 4.79 Å². The molecule has 152 valence electrons. The lowest BCUT2D eigenvalue weighted by atomic mass is 10.0. The van der Waals surface area contributed by atoms with Gasteiger partial charge in [-0.1, -0.05) is 101 Å². The summed E-state index contributed by atoms with van der Waals surface area (Å²) in [6, 6.07) is 8.23. The summed E-state index contributed by atoms with van der Waals surface area (Å²) in [5, 5.41) is 11.9. The largest absolute Gasteiger partial charge is 0.480 e. The lowest BCUT2D eigenvalue weighted by Crippen LogP contribution is -2.42. The molecule has 0 saturated heterocycles. The van der Waals surface area contributed by atoms with Gasteiger partial charge in [0.2, 0.25) is 5.91 Å². The van der Waals surface area contributed by atoms with Gasteiger partial charge < -0.3 is 10.4 Å². The van der Waals surface area contributed by atoms with Crippen LogP contribution in [0.15, 0.2) is 30.3 Å². The van der Waals surface area contributed by atoms with Gasteiger partial charge in [0.1, 0.15) is 6.04 Å². The molecule has 0 bridgehead atoms. The molecule has 4 nitrogen and oxygen atoms in total. The zero-order valence-electron chi connectivity index (χ0n) is 17.8. The monoisotopic (exact) mass is 376 g/mol. The van der Waals surface area contributed by atoms with Gasteiger partial charge in [0.05, 0.1) is 0 Å². The predicted molar refractivity (Wildman–Crippen MR) is 111 cm³/mol. The van der Waals surface area contributed by atoms with E-state index in [1.54, 1.807) is 0 Å². The number of hydrogen-bond acceptors (Lipinski definition) is 2. The van der Waals surface area contributed by atoms with Crippen molar-refractivity contribution >= 4 is 11.9 Å². The van der Waals surface area contributed by atoms with E-state index in [0.717, 1.165) is 24.8 Å². The summed E-state index contributed by atoms with van der Waals surface area (Å²) in [5.74, 6) is -1.55. The van der Waals surface area contributed by atoms with Crippen LogP contribution in [0.25, 0.3) is 0 Å². The van der Waals surface area contributed by atoms with E-state index >= 15 is 0 Å². The van der Waals surface area contributed by atoms with Crippen LogP contribution in [0.3, 0.4) is 0 Å². The SMILES string of the molecule is [2H]C(CCCCCCCCCCCC)C(=O)N[C@@H](Cc1ccccc1)C(=O)O. The lowest BCUT2D eigenvalue weighted by molar-refractivity contribution is -0.141. The van der Waals surface area contributed by atoms with E-state index in [1.165, 1.54) is 44.9 Å². The molecular formula is C23H37NO3. The Morgan fingerprint density at radius 1 is 0.926 bits per heavy atom. The molecule has 1 rings (SSSR count). The Balaban J connectivity index is 2.18. The molecule has 0 aliphatic carbocycles. The molecule has 0 spiro atoms. The van der Waals surface area contributed by atoms with Gasteiger partial charge in [-0.15, -0.1) is 0 Å². The molecule has 27 heavy (non-hydrogen) atoms. The Labute approximate surface area is 166 Å². The van der Waals surface area contributed by atoms with Gasteiger partial charge in [0.15, 0.2) is 0 Å². The van der Waals surface area contributed by atoms with Crippen LogP contribution in [0.1, 0.15) is 90.9 Å². The molecule has 1 aromatic rings. The zero-order valence-corrected chi connectivity index (χ0v) is 16.8. The number of carboxylic acids is 1. The molecule has 2 N–H and O–H groups in total. The number of unbranched alkanes of at least 4 members (excludes halogenated alkanes) is 9. The maximum Gasteiger partial charge on any atom is 0.326 e. The average Bonchev–Trinajstić information content (AvgIpc) is 2.69. The minimum Gasteiger partial charge on any atom is -0.480 e. The number of carbonyl (C=O) groups excluding carboxylic acids is 1. The molecule has 1 aromatic carbocycles. The van der Waals surface area contributed by atoms with Crippen LogP contribution in [0.5, 0.6) is 0 Å². The number of amides is 1. The molecule has 0 fully saturated rings. The highest BCUT2D eigenvalue weighted by molar-refractivity contribution is 5.83. The third-order valence-electron chi connectivity index (χ3n) is 4.78. The highest BCUT2D eigenvalue weighted by atomic mass is 16.4. The molecule has 0 saturated carbocycles. The topological polar surface area (TPSA) is 66.4 Å². The first-order valence-electron chi connectivity index (χ1n) is 11.1. The number of benzene rings is 1. The fourth-order valence-corrected chi connectivity index (χ4v) is 3.15. The number of nitrogens with one attached hydrogen (secondary N) is 1. The van der Waals surface area contributed by atoms with E-state index in [-0.39, 0.29) is 6.42 Å². The number of rotatable bonds is 16. The van der Waals surface area contributed by atoms with Gasteiger partial charge in [-0.3, -0.25) is 4.79 Å². The Morgan fingerprint density at radius 2 is 1.44 bits per heavy atom. The second-order valence-corrected chi connectivity index (χ2v) is 7.26. The van der Waals surface area contributed by atoms with E-state index in [9.17, 15) is 14.7 Å². The maximum absolute atomic E-state index is 12.2. The van der Waals surface area contributed by atoms with Crippen molar-refractivity contribution in [2.75, 3.05) is 0 Å². The smallest absolute Gasteiger partial charge is 0.326 e. The van der Waals surface area contributed by atoms with Crippen molar-refractivity contribution in [3.63, 3.8) is 0 Å². The van der Waals surface area contributed by atoms with Crippen LogP contribution in [0.2, 0.25) is 0 Å². The molecule has 4 heteroatoms. The second kappa shape index (κ2) is 15.2. The van der Waals surface area contributed by atoms with Crippen molar-refractivity contribution in [1.82, 2.24) is 5.32 Å². The van der Waals surface area contributed by atoms with Crippen LogP contribution >= 0.6 is 0 Å². The molecule has 1 amide bonds. The Hall–Kier alpha value is -1.84. The van der Waals surface area contributed by atoms with E-state index in [2.05, 4.69) is 12.2 Å². The third kappa shape index (κ3) is 12.2. The first-order valence-corrected chi connectivity index (χ1v) is 10.5. The van der Waals surface area contributed by atoms with E-state index < -0.39 is 24.3 Å². The van der Waals surface area contributed by atoms with Crippen molar-refractivity contribution in [2.45, 2.75) is 96.4 Å². The van der Waals surface area contributed by atoms with E-state index in [1.807, 2.05) is 30.3 Å². The summed E-state index contributed by atoms with van der Waals surface area (Å²) in [6.07, 6.45) is 11.9. The fourth-order valence-electron chi connectivity index (χ4n) is 3.15. The molecule has 0 aliphatic heterocycles. The molecular weight excluding hydrogens is 338 g/mol. The van der Waals surface area contributed by atoms with Crippen molar-refractivity contribution in [1.29, 1.82) is 0 Å². The predicted octanol–water partition coefficient (Wildman–Crippen LogP) is 5.50. The normalized spacial score (nSPS) is 13.6. The van der Waals surface area contributed by atoms with Crippen molar-refractivity contribution in [2.24, 2.45) is 0 Å². The fraction of sp³-hybridized carbons (Fsp3) is 0.652. The van der Waals surface area contributed by atoms with E-state index in [0.29, 0.717) is 6.42 Å². The number of hydrogen-bond donors (Lipinski definition) is 2. The summed E-state index contributed by atoms with van der Waals surface area (Å²) in [5.41, 5.74) is 0.853. The van der Waals surface area contributed by atoms with Gasteiger partial charge in [-0.05, 0) is 12.0 Å². The first kappa shape index (κ1) is 21.5. The highest BCUT2D eigenvalue weighted by Gasteiger charge is 2.19. The van der Waals surface area contributed by atoms with Crippen LogP contribution < -0.4 is 5.32 Å². The quantitative estimate of drug-likeness (QED) is 0.374. The molecule has 0 aliphatic rings. The summed E-state index contributed by atoms with van der Waals surface area (Å²) in [7, 11) is 0. The van der Waals surface area contributed by atoms with Crippen molar-refractivity contribution < 1.29 is 16.1 Å². The first-order chi connectivity index (χ1) is 13.5. The number of aliphatic carboxylic acids is 1. The van der Waals surface area contributed by atoms with Gasteiger partial charge in [-0.2, -0.15) is 0 Å². The van der Waals surface area contributed by atoms with Gasteiger partial charge >= 0.3 is 5.97 Å². The van der Waals surface area contributed by atoms with Crippen LogP contribution in [0.4, 0.5) is 0 Å². The molecule has 1 unspecified atom stereocenters. The van der Waals surface area contributed by atoms with Gasteiger partial charge in [0, 0.05) is 14.2 Å². The molecule has 0 aromatic heterocycles. The lowest BCUT2D eigenvalue weighted by Gasteiger charge is -2.14. The Kier molecular flexibility index (Phi) is 12.1. The summed E-state index contributed by atoms with van der Waals surface area (Å²) in [4.78, 5) is 23.6. The van der Waals surface area contributed by atoms with Crippen LogP contribution in [-0.2, 0) is 16.0 Å². The number of carbonyl (C=O) groups is 2. The van der Waals surface area contributed by atoms with E-state index in [4.69, 9.17) is 1.37 Å². The van der Waals surface area contributed by atoms with Crippen LogP contribution in [0, 0.1) is 0 Å². The minimum absolute atomic E-state index is 0.229. The van der Waals surface area contributed by atoms with Crippen LogP contribution in [-0.4, -0.2) is 23.0 Å². The third-order valence-corrected chi connectivity index (χ3v) is 4.78. The Bertz CT molecular complexity index is 550. The van der Waals surface area contributed by atoms with Crippen molar-refractivity contribution in [3.05, 3.63) is 35.9 Å². The van der Waals surface area contributed by atoms with Gasteiger partial charge in [0.25, 0.3) is 0 Å². The molecule has 2 atom stereocenters.